The molecule has 0 heterocycles. The molecule has 0 aliphatic heterocycles. The Labute approximate surface area is 114 Å². The molecule has 0 fully saturated rings. The van der Waals surface area contributed by atoms with Crippen LogP contribution in [-0.4, -0.2) is 19.2 Å². The number of hydrogen-bond acceptors (Lipinski definition) is 3. The van der Waals surface area contributed by atoms with E-state index in [0.717, 1.165) is 11.3 Å². The zero-order valence-electron chi connectivity index (χ0n) is 11.2. The summed E-state index contributed by atoms with van der Waals surface area (Å²) < 4.78 is 0. The van der Waals surface area contributed by atoms with Gasteiger partial charge in [-0.3, -0.25) is 9.85 Å². The monoisotopic (exact) mass is 254 g/mol. The van der Waals surface area contributed by atoms with Gasteiger partial charge in [0.1, 0.15) is 0 Å². The predicted octanol–water partition coefficient (Wildman–Crippen LogP) is 3.57. The van der Waals surface area contributed by atoms with Crippen molar-refractivity contribution in [2.75, 3.05) is 19.3 Å². The number of nitrogens with zero attached hydrogens (tertiary/aromatic N) is 2. The van der Waals surface area contributed by atoms with Gasteiger partial charge in [0.2, 0.25) is 0 Å². The van der Waals surface area contributed by atoms with Gasteiger partial charge in [-0.25, -0.2) is 0 Å². The lowest BCUT2D eigenvalue weighted by atomic mass is 10.2. The van der Waals surface area contributed by atoms with Crippen LogP contribution < -0.4 is 5.17 Å². The van der Waals surface area contributed by atoms with Gasteiger partial charge in [-0.2, -0.15) is 5.17 Å². The van der Waals surface area contributed by atoms with E-state index in [9.17, 15) is 0 Å². The molecule has 0 saturated heterocycles. The summed E-state index contributed by atoms with van der Waals surface area (Å²) >= 11 is 0. The van der Waals surface area contributed by atoms with Crippen LogP contribution in [0.25, 0.3) is 6.08 Å². The number of hydrogen-bond donors (Lipinski definition) is 0. The van der Waals surface area contributed by atoms with Gasteiger partial charge in [0.15, 0.2) is 0 Å². The Hall–Kier alpha value is -2.26. The molecule has 19 heavy (non-hydrogen) atoms. The highest BCUT2D eigenvalue weighted by Crippen LogP contribution is 2.15. The third kappa shape index (κ3) is 3.60. The minimum atomic E-state index is 0.977. The van der Waals surface area contributed by atoms with E-state index < -0.39 is 0 Å². The van der Waals surface area contributed by atoms with Crippen LogP contribution in [0.2, 0.25) is 0 Å². The molecule has 2 aromatic rings. The highest BCUT2D eigenvalue weighted by Gasteiger charge is 2.07. The molecule has 0 N–H and O–H groups in total. The van der Waals surface area contributed by atoms with Crippen LogP contribution in [0.5, 0.6) is 0 Å². The van der Waals surface area contributed by atoms with E-state index in [1.807, 2.05) is 72.9 Å². The molecular weight excluding hydrogens is 236 g/mol. The van der Waals surface area contributed by atoms with Crippen LogP contribution in [0.1, 0.15) is 5.56 Å². The topological polar surface area (TPSA) is 15.7 Å². The summed E-state index contributed by atoms with van der Waals surface area (Å²) in [6.45, 7) is 0. The Morgan fingerprint density at radius 3 is 2.05 bits per heavy atom. The minimum absolute atomic E-state index is 0.977. The van der Waals surface area contributed by atoms with E-state index >= 15 is 0 Å². The molecule has 98 valence electrons. The second-order valence-electron chi connectivity index (χ2n) is 4.09. The molecule has 0 unspecified atom stereocenters. The van der Waals surface area contributed by atoms with Gasteiger partial charge in [0, 0.05) is 13.2 Å². The van der Waals surface area contributed by atoms with Crippen molar-refractivity contribution in [2.24, 2.45) is 0 Å². The van der Waals surface area contributed by atoms with Gasteiger partial charge in [0.05, 0.1) is 12.8 Å². The molecule has 0 aliphatic carbocycles. The lowest BCUT2D eigenvalue weighted by molar-refractivity contribution is 0.0703. The normalized spacial score (nSPS) is 10.6. The van der Waals surface area contributed by atoms with E-state index in [1.165, 1.54) is 0 Å². The fourth-order valence-electron chi connectivity index (χ4n) is 1.79. The van der Waals surface area contributed by atoms with Crippen molar-refractivity contribution in [1.82, 2.24) is 5.01 Å². The average Bonchev–Trinajstić information content (AvgIpc) is 2.48. The smallest absolute Gasteiger partial charge is 0.0880 e. The number of rotatable bonds is 5. The fourth-order valence-corrected chi connectivity index (χ4v) is 1.79. The van der Waals surface area contributed by atoms with Crippen molar-refractivity contribution in [3.05, 3.63) is 72.4 Å². The molecule has 0 atom stereocenters. The quantitative estimate of drug-likeness (QED) is 0.759. The molecule has 2 aromatic carbocycles. The summed E-state index contributed by atoms with van der Waals surface area (Å²) in [6, 6.07) is 20.1. The van der Waals surface area contributed by atoms with Crippen molar-refractivity contribution in [3.8, 4) is 0 Å². The van der Waals surface area contributed by atoms with Crippen LogP contribution in [0, 0.1) is 0 Å². The highest BCUT2D eigenvalue weighted by atomic mass is 16.7. The molecule has 0 amide bonds. The van der Waals surface area contributed by atoms with Crippen molar-refractivity contribution < 1.29 is 4.84 Å². The molecule has 0 aliphatic rings. The number of hydrazine groups is 1. The van der Waals surface area contributed by atoms with Gasteiger partial charge in [-0.05, 0) is 23.8 Å². The Bertz CT molecular complexity index is 511. The molecular formula is C16H18N2O. The summed E-state index contributed by atoms with van der Waals surface area (Å²) in [5, 5.41) is 3.61. The summed E-state index contributed by atoms with van der Waals surface area (Å²) in [4.78, 5) is 5.39. The fraction of sp³-hybridized carbons (Fsp3) is 0.125. The Kier molecular flexibility index (Phi) is 4.59. The Balaban J connectivity index is 2.10. The van der Waals surface area contributed by atoms with Crippen LogP contribution in [0.15, 0.2) is 66.9 Å². The van der Waals surface area contributed by atoms with E-state index in [2.05, 4.69) is 12.1 Å². The van der Waals surface area contributed by atoms with E-state index in [1.54, 1.807) is 12.3 Å². The zero-order chi connectivity index (χ0) is 13.5. The molecule has 0 spiro atoms. The first-order valence-corrected chi connectivity index (χ1v) is 6.16. The Morgan fingerprint density at radius 2 is 1.47 bits per heavy atom. The first-order chi connectivity index (χ1) is 9.31. The highest BCUT2D eigenvalue weighted by molar-refractivity contribution is 5.49. The average molecular weight is 254 g/mol. The first-order valence-electron chi connectivity index (χ1n) is 6.16. The second-order valence-corrected chi connectivity index (χ2v) is 4.09. The standard InChI is InChI=1S/C16H18N2O/c1-17(14-13-15-9-5-3-6-10-15)18(19-2)16-11-7-4-8-12-16/h3-14H,1-2H3. The van der Waals surface area contributed by atoms with Crippen LogP contribution in [0.3, 0.4) is 0 Å². The largest absolute Gasteiger partial charge is 0.272 e. The lowest BCUT2D eigenvalue weighted by Crippen LogP contribution is -2.35. The maximum atomic E-state index is 5.39. The van der Waals surface area contributed by atoms with Crippen molar-refractivity contribution >= 4 is 11.8 Å². The predicted molar refractivity (Wildman–Crippen MR) is 79.2 cm³/mol. The maximum absolute atomic E-state index is 5.39. The maximum Gasteiger partial charge on any atom is 0.0880 e. The molecule has 3 heteroatoms. The van der Waals surface area contributed by atoms with Crippen LogP contribution in [0.4, 0.5) is 5.69 Å². The summed E-state index contributed by atoms with van der Waals surface area (Å²) in [6.07, 6.45) is 4.00. The van der Waals surface area contributed by atoms with Gasteiger partial charge in [-0.1, -0.05) is 48.5 Å². The Morgan fingerprint density at radius 1 is 0.895 bits per heavy atom. The number of anilines is 1. The van der Waals surface area contributed by atoms with E-state index in [4.69, 9.17) is 4.84 Å². The third-order valence-electron chi connectivity index (χ3n) is 2.72. The minimum Gasteiger partial charge on any atom is -0.272 e. The van der Waals surface area contributed by atoms with Crippen molar-refractivity contribution in [1.29, 1.82) is 0 Å². The summed E-state index contributed by atoms with van der Waals surface area (Å²) in [5.74, 6) is 0. The SMILES string of the molecule is CON(c1ccccc1)N(C)C=Cc1ccccc1. The van der Waals surface area contributed by atoms with Crippen molar-refractivity contribution in [3.63, 3.8) is 0 Å². The van der Waals surface area contributed by atoms with Crippen molar-refractivity contribution in [2.45, 2.75) is 0 Å². The summed E-state index contributed by atoms with van der Waals surface area (Å²) in [7, 11) is 3.59. The van der Waals surface area contributed by atoms with Gasteiger partial charge < -0.3 is 0 Å². The van der Waals surface area contributed by atoms with Gasteiger partial charge in [0.25, 0.3) is 0 Å². The second kappa shape index (κ2) is 6.61. The zero-order valence-corrected chi connectivity index (χ0v) is 11.2. The molecule has 0 aromatic heterocycles. The van der Waals surface area contributed by atoms with E-state index in [-0.39, 0.29) is 0 Å². The van der Waals surface area contributed by atoms with Gasteiger partial charge >= 0.3 is 0 Å². The van der Waals surface area contributed by atoms with E-state index in [0.29, 0.717) is 0 Å². The third-order valence-corrected chi connectivity index (χ3v) is 2.72. The molecule has 3 nitrogen and oxygen atoms in total. The number of benzene rings is 2. The summed E-state index contributed by atoms with van der Waals surface area (Å²) in [5.41, 5.74) is 2.13. The molecule has 0 bridgehead atoms. The van der Waals surface area contributed by atoms with Crippen LogP contribution >= 0.6 is 0 Å². The number of para-hydroxylation sites is 1. The molecule has 0 saturated carbocycles. The van der Waals surface area contributed by atoms with Crippen LogP contribution in [-0.2, 0) is 4.84 Å². The van der Waals surface area contributed by atoms with Gasteiger partial charge in [-0.15, -0.1) is 0 Å². The first kappa shape index (κ1) is 13.2. The molecule has 0 radical (unpaired) electrons. The molecule has 2 rings (SSSR count). The lowest BCUT2D eigenvalue weighted by Gasteiger charge is -2.29.